The maximum atomic E-state index is 12.7. The van der Waals surface area contributed by atoms with E-state index in [9.17, 15) is 21.6 Å². The molecular formula is C18H29F3IN5O2S. The molecule has 2 rings (SSSR count). The Balaban J connectivity index is 0.00000450. The summed E-state index contributed by atoms with van der Waals surface area (Å²) in [5, 5.41) is 6.32. The van der Waals surface area contributed by atoms with E-state index in [4.69, 9.17) is 0 Å². The van der Waals surface area contributed by atoms with E-state index in [0.29, 0.717) is 29.9 Å². The number of anilines is 1. The molecule has 1 aromatic carbocycles. The zero-order valence-corrected chi connectivity index (χ0v) is 20.2. The Bertz CT molecular complexity index is 770. The fourth-order valence-electron chi connectivity index (χ4n) is 3.02. The van der Waals surface area contributed by atoms with Crippen LogP contribution in [0.15, 0.2) is 35.3 Å². The summed E-state index contributed by atoms with van der Waals surface area (Å²) >= 11 is 0. The predicted molar refractivity (Wildman–Crippen MR) is 124 cm³/mol. The molecule has 0 saturated carbocycles. The molecule has 0 amide bonds. The first kappa shape index (κ1) is 26.8. The largest absolute Gasteiger partial charge is 0.511 e. The number of para-hydroxylation sites is 1. The lowest BCUT2D eigenvalue weighted by atomic mass is 10.1. The van der Waals surface area contributed by atoms with E-state index in [2.05, 4.69) is 20.5 Å². The minimum atomic E-state index is -5.26. The van der Waals surface area contributed by atoms with E-state index in [1.54, 1.807) is 0 Å². The van der Waals surface area contributed by atoms with Crippen LogP contribution >= 0.6 is 24.0 Å². The van der Waals surface area contributed by atoms with Crippen molar-refractivity contribution < 1.29 is 21.6 Å². The van der Waals surface area contributed by atoms with Gasteiger partial charge in [-0.05, 0) is 31.9 Å². The van der Waals surface area contributed by atoms with Crippen LogP contribution in [0, 0.1) is 0 Å². The number of sulfonamides is 1. The number of rotatable bonds is 7. The minimum absolute atomic E-state index is 0. The van der Waals surface area contributed by atoms with Crippen LogP contribution in [0.3, 0.4) is 0 Å². The maximum absolute atomic E-state index is 12.7. The van der Waals surface area contributed by atoms with Gasteiger partial charge >= 0.3 is 15.5 Å². The summed E-state index contributed by atoms with van der Waals surface area (Å²) < 4.78 is 61.5. The van der Waals surface area contributed by atoms with Crippen LogP contribution in [-0.4, -0.2) is 70.0 Å². The Kier molecular flexibility index (Phi) is 10.6. The van der Waals surface area contributed by atoms with Crippen LogP contribution in [-0.2, 0) is 10.0 Å². The van der Waals surface area contributed by atoms with Crippen LogP contribution < -0.4 is 15.5 Å². The topological polar surface area (TPSA) is 77.0 Å². The van der Waals surface area contributed by atoms with Gasteiger partial charge < -0.3 is 15.5 Å². The molecule has 12 heteroatoms. The van der Waals surface area contributed by atoms with Gasteiger partial charge in [0.25, 0.3) is 0 Å². The van der Waals surface area contributed by atoms with Crippen molar-refractivity contribution in [2.75, 3.05) is 44.7 Å². The average Bonchev–Trinajstić information content (AvgIpc) is 2.68. The lowest BCUT2D eigenvalue weighted by molar-refractivity contribution is -0.0494. The van der Waals surface area contributed by atoms with Gasteiger partial charge in [-0.15, -0.1) is 24.0 Å². The van der Waals surface area contributed by atoms with Crippen LogP contribution in [0.25, 0.3) is 0 Å². The summed E-state index contributed by atoms with van der Waals surface area (Å²) in [4.78, 5) is 6.60. The highest BCUT2D eigenvalue weighted by Crippen LogP contribution is 2.28. The molecule has 172 valence electrons. The highest BCUT2D eigenvalue weighted by molar-refractivity contribution is 14.0. The van der Waals surface area contributed by atoms with Gasteiger partial charge in [0.15, 0.2) is 5.96 Å². The van der Waals surface area contributed by atoms with Crippen molar-refractivity contribution in [3.63, 3.8) is 0 Å². The number of benzene rings is 1. The number of likely N-dealkylation sites (N-methyl/N-ethyl adjacent to an activating group) is 1. The van der Waals surface area contributed by atoms with Gasteiger partial charge in [-0.25, -0.2) is 8.42 Å². The van der Waals surface area contributed by atoms with Crippen molar-refractivity contribution in [3.8, 4) is 0 Å². The zero-order valence-electron chi connectivity index (χ0n) is 17.0. The zero-order chi connectivity index (χ0) is 21.5. The first-order chi connectivity index (χ1) is 13.6. The standard InChI is InChI=1S/C18H28F3N5O2S.HI/c1-3-22-17(23-11-14-25(2)16-7-5-4-6-8-16)24-15-9-12-26(13-10-15)29(27,28)18(19,20)21;/h4-8,15H,3,9-14H2,1-2H3,(H2,22,23,24);1H. The van der Waals surface area contributed by atoms with E-state index in [0.717, 1.165) is 5.69 Å². The molecular weight excluding hydrogens is 534 g/mol. The first-order valence-corrected chi connectivity index (χ1v) is 11.0. The quantitative estimate of drug-likeness (QED) is 0.303. The van der Waals surface area contributed by atoms with Crippen molar-refractivity contribution in [1.29, 1.82) is 0 Å². The summed E-state index contributed by atoms with van der Waals surface area (Å²) in [6, 6.07) is 9.76. The summed E-state index contributed by atoms with van der Waals surface area (Å²) in [6.45, 7) is 3.45. The van der Waals surface area contributed by atoms with Crippen LogP contribution in [0.5, 0.6) is 0 Å². The third kappa shape index (κ3) is 7.45. The Morgan fingerprint density at radius 2 is 1.83 bits per heavy atom. The van der Waals surface area contributed by atoms with Crippen molar-refractivity contribution in [3.05, 3.63) is 30.3 Å². The molecule has 0 aliphatic carbocycles. The Morgan fingerprint density at radius 3 is 2.37 bits per heavy atom. The van der Waals surface area contributed by atoms with E-state index in [-0.39, 0.29) is 55.9 Å². The number of hydrogen-bond acceptors (Lipinski definition) is 4. The minimum Gasteiger partial charge on any atom is -0.373 e. The molecule has 0 bridgehead atoms. The van der Waals surface area contributed by atoms with E-state index in [1.165, 1.54) is 0 Å². The Labute approximate surface area is 193 Å². The van der Waals surface area contributed by atoms with Crippen LogP contribution in [0.1, 0.15) is 19.8 Å². The van der Waals surface area contributed by atoms with E-state index < -0.39 is 15.5 Å². The molecule has 0 unspecified atom stereocenters. The number of aliphatic imine (C=N–C) groups is 1. The van der Waals surface area contributed by atoms with Gasteiger partial charge in [-0.2, -0.15) is 17.5 Å². The molecule has 1 saturated heterocycles. The Morgan fingerprint density at radius 1 is 1.23 bits per heavy atom. The molecule has 7 nitrogen and oxygen atoms in total. The van der Waals surface area contributed by atoms with E-state index >= 15 is 0 Å². The summed E-state index contributed by atoms with van der Waals surface area (Å²) in [6.07, 6.45) is 0.563. The molecule has 30 heavy (non-hydrogen) atoms. The number of guanidine groups is 1. The van der Waals surface area contributed by atoms with Gasteiger partial charge in [0.2, 0.25) is 0 Å². The smallest absolute Gasteiger partial charge is 0.373 e. The Hall–Kier alpha value is -1.28. The summed E-state index contributed by atoms with van der Waals surface area (Å²) in [5.74, 6) is 0.575. The molecule has 0 radical (unpaired) electrons. The number of hydrogen-bond donors (Lipinski definition) is 2. The number of nitrogens with zero attached hydrogens (tertiary/aromatic N) is 3. The molecule has 1 aromatic rings. The molecule has 2 N–H and O–H groups in total. The molecule has 0 aromatic heterocycles. The van der Waals surface area contributed by atoms with Gasteiger partial charge in [0.05, 0.1) is 6.54 Å². The summed E-state index contributed by atoms with van der Waals surface area (Å²) in [7, 11) is -3.28. The normalized spacial score (nSPS) is 16.6. The molecule has 0 spiro atoms. The second kappa shape index (κ2) is 11.9. The van der Waals surface area contributed by atoms with Crippen molar-refractivity contribution in [2.45, 2.75) is 31.3 Å². The molecule has 0 atom stereocenters. The van der Waals surface area contributed by atoms with Crippen molar-refractivity contribution in [2.24, 2.45) is 4.99 Å². The fraction of sp³-hybridized carbons (Fsp3) is 0.611. The highest BCUT2D eigenvalue weighted by atomic mass is 127. The molecule has 1 heterocycles. The highest BCUT2D eigenvalue weighted by Gasteiger charge is 2.50. The average molecular weight is 563 g/mol. The number of halogens is 4. The lowest BCUT2D eigenvalue weighted by Crippen LogP contribution is -2.51. The molecule has 1 aliphatic rings. The van der Waals surface area contributed by atoms with Gasteiger partial charge in [0, 0.05) is 45.0 Å². The third-order valence-electron chi connectivity index (χ3n) is 4.67. The fourth-order valence-corrected chi connectivity index (χ4v) is 4.01. The predicted octanol–water partition coefficient (Wildman–Crippen LogP) is 2.61. The van der Waals surface area contributed by atoms with Crippen molar-refractivity contribution in [1.82, 2.24) is 14.9 Å². The number of nitrogens with one attached hydrogen (secondary N) is 2. The maximum Gasteiger partial charge on any atom is 0.511 e. The second-order valence-electron chi connectivity index (χ2n) is 6.79. The molecule has 1 fully saturated rings. The summed E-state index contributed by atoms with van der Waals surface area (Å²) in [5.41, 5.74) is -4.17. The lowest BCUT2D eigenvalue weighted by Gasteiger charge is -2.32. The van der Waals surface area contributed by atoms with Crippen molar-refractivity contribution >= 4 is 45.6 Å². The third-order valence-corrected chi connectivity index (χ3v) is 6.30. The SMILES string of the molecule is CCNC(=NCCN(C)c1ccccc1)NC1CCN(S(=O)(=O)C(F)(F)F)CC1.I. The van der Waals surface area contributed by atoms with Gasteiger partial charge in [0.1, 0.15) is 0 Å². The monoisotopic (exact) mass is 563 g/mol. The van der Waals surface area contributed by atoms with Gasteiger partial charge in [-0.3, -0.25) is 4.99 Å². The first-order valence-electron chi connectivity index (χ1n) is 9.52. The number of alkyl halides is 3. The van der Waals surface area contributed by atoms with Crippen LogP contribution in [0.4, 0.5) is 18.9 Å². The number of piperidine rings is 1. The van der Waals surface area contributed by atoms with Gasteiger partial charge in [-0.1, -0.05) is 18.2 Å². The molecule has 1 aliphatic heterocycles. The van der Waals surface area contributed by atoms with Crippen LogP contribution in [0.2, 0.25) is 0 Å². The second-order valence-corrected chi connectivity index (χ2v) is 8.72. The van der Waals surface area contributed by atoms with E-state index in [1.807, 2.05) is 44.3 Å².